The van der Waals surface area contributed by atoms with E-state index in [1.54, 1.807) is 16.0 Å². The van der Waals surface area contributed by atoms with E-state index in [1.807, 2.05) is 6.21 Å². The van der Waals surface area contributed by atoms with Crippen molar-refractivity contribution in [1.82, 2.24) is 14.9 Å². The molecule has 0 aromatic carbocycles. The van der Waals surface area contributed by atoms with Gasteiger partial charge >= 0.3 is 0 Å². The number of morpholine rings is 1. The second-order valence-electron chi connectivity index (χ2n) is 7.32. The molecule has 1 N–H and O–H groups in total. The first-order valence-electron chi connectivity index (χ1n) is 9.93. The first-order valence-corrected chi connectivity index (χ1v) is 11.2. The Bertz CT molecular complexity index is 812. The van der Waals surface area contributed by atoms with Gasteiger partial charge in [-0.2, -0.15) is 14.9 Å². The summed E-state index contributed by atoms with van der Waals surface area (Å²) in [4.78, 5) is 3.49. The zero-order valence-corrected chi connectivity index (χ0v) is 17.2. The van der Waals surface area contributed by atoms with E-state index in [1.165, 1.54) is 43.5 Å². The third-order valence-corrected chi connectivity index (χ3v) is 6.80. The largest absolute Gasteiger partial charge is 0.378 e. The number of hydrogen-bond acceptors (Lipinski definition) is 6. The van der Waals surface area contributed by atoms with Crippen LogP contribution in [-0.4, -0.2) is 47.4 Å². The van der Waals surface area contributed by atoms with Crippen LogP contribution in [0, 0.1) is 10.7 Å². The van der Waals surface area contributed by atoms with E-state index in [9.17, 15) is 0 Å². The van der Waals surface area contributed by atoms with Gasteiger partial charge in [0.2, 0.25) is 4.77 Å². The predicted molar refractivity (Wildman–Crippen MR) is 113 cm³/mol. The maximum absolute atomic E-state index is 5.43. The Morgan fingerprint density at radius 3 is 2.89 bits per heavy atom. The number of H-pyrrole nitrogens is 1. The van der Waals surface area contributed by atoms with Crippen molar-refractivity contribution in [1.29, 1.82) is 0 Å². The van der Waals surface area contributed by atoms with Gasteiger partial charge in [-0.3, -0.25) is 5.10 Å². The minimum atomic E-state index is 0.565. The molecule has 3 heterocycles. The second kappa shape index (κ2) is 9.12. The van der Waals surface area contributed by atoms with Crippen LogP contribution in [0.3, 0.4) is 0 Å². The summed E-state index contributed by atoms with van der Waals surface area (Å²) in [6, 6.07) is 4.28. The van der Waals surface area contributed by atoms with Gasteiger partial charge in [-0.1, -0.05) is 32.1 Å². The quantitative estimate of drug-likeness (QED) is 0.577. The van der Waals surface area contributed by atoms with Gasteiger partial charge in [0.05, 0.1) is 24.4 Å². The molecule has 0 atom stereocenters. The van der Waals surface area contributed by atoms with Crippen molar-refractivity contribution < 1.29 is 4.74 Å². The van der Waals surface area contributed by atoms with Crippen molar-refractivity contribution in [3.63, 3.8) is 0 Å². The van der Waals surface area contributed by atoms with Gasteiger partial charge in [0.25, 0.3) is 0 Å². The molecule has 6 nitrogen and oxygen atoms in total. The monoisotopic (exact) mass is 405 g/mol. The van der Waals surface area contributed by atoms with Crippen LogP contribution in [0.25, 0.3) is 0 Å². The molecule has 2 fully saturated rings. The number of aromatic nitrogens is 3. The SMILES string of the molecule is S=c1[nH]nc(CCC2CCCCC2)n1/N=C\c1ccc(N2CCOCC2)s1. The van der Waals surface area contributed by atoms with Crippen LogP contribution in [-0.2, 0) is 11.2 Å². The molecular weight excluding hydrogens is 378 g/mol. The Morgan fingerprint density at radius 1 is 1.26 bits per heavy atom. The van der Waals surface area contributed by atoms with Gasteiger partial charge in [-0.05, 0) is 36.7 Å². The summed E-state index contributed by atoms with van der Waals surface area (Å²) >= 11 is 7.13. The van der Waals surface area contributed by atoms with Gasteiger partial charge < -0.3 is 9.64 Å². The molecule has 1 aliphatic heterocycles. The van der Waals surface area contributed by atoms with E-state index in [0.29, 0.717) is 4.77 Å². The van der Waals surface area contributed by atoms with Gasteiger partial charge in [0.1, 0.15) is 0 Å². The zero-order chi connectivity index (χ0) is 18.5. The first-order chi connectivity index (χ1) is 13.3. The van der Waals surface area contributed by atoms with Gasteiger partial charge in [-0.15, -0.1) is 11.3 Å². The summed E-state index contributed by atoms with van der Waals surface area (Å²) in [5.74, 6) is 1.77. The number of hydrogen-bond donors (Lipinski definition) is 1. The lowest BCUT2D eigenvalue weighted by Gasteiger charge is -2.27. The molecule has 2 aliphatic rings. The van der Waals surface area contributed by atoms with Crippen molar-refractivity contribution in [3.8, 4) is 0 Å². The van der Waals surface area contributed by atoms with E-state index in [-0.39, 0.29) is 0 Å². The lowest BCUT2D eigenvalue weighted by Crippen LogP contribution is -2.35. The highest BCUT2D eigenvalue weighted by atomic mass is 32.1. The smallest absolute Gasteiger partial charge is 0.216 e. The van der Waals surface area contributed by atoms with Crippen LogP contribution in [0.15, 0.2) is 17.2 Å². The third-order valence-electron chi connectivity index (χ3n) is 5.45. The number of ether oxygens (including phenoxy) is 1. The maximum Gasteiger partial charge on any atom is 0.216 e. The molecule has 2 aromatic heterocycles. The lowest BCUT2D eigenvalue weighted by atomic mass is 9.86. The summed E-state index contributed by atoms with van der Waals surface area (Å²) in [5, 5.41) is 13.2. The van der Waals surface area contributed by atoms with E-state index in [0.717, 1.165) is 49.3 Å². The zero-order valence-electron chi connectivity index (χ0n) is 15.6. The first kappa shape index (κ1) is 18.8. The average Bonchev–Trinajstić information content (AvgIpc) is 3.33. The summed E-state index contributed by atoms with van der Waals surface area (Å²) in [7, 11) is 0. The molecule has 4 rings (SSSR count). The topological polar surface area (TPSA) is 58.4 Å². The molecule has 0 radical (unpaired) electrons. The highest BCUT2D eigenvalue weighted by Crippen LogP contribution is 2.28. The maximum atomic E-state index is 5.43. The Labute approximate surface area is 169 Å². The minimum Gasteiger partial charge on any atom is -0.378 e. The number of nitrogens with one attached hydrogen (secondary N) is 1. The summed E-state index contributed by atoms with van der Waals surface area (Å²) in [6.45, 7) is 3.51. The Hall–Kier alpha value is -1.51. The molecule has 8 heteroatoms. The third kappa shape index (κ3) is 4.86. The van der Waals surface area contributed by atoms with E-state index in [2.05, 4.69) is 32.3 Å². The Balaban J connectivity index is 1.40. The van der Waals surface area contributed by atoms with Crippen molar-refractivity contribution >= 4 is 34.8 Å². The van der Waals surface area contributed by atoms with E-state index < -0.39 is 0 Å². The number of anilines is 1. The van der Waals surface area contributed by atoms with Crippen LogP contribution in [0.2, 0.25) is 0 Å². The highest BCUT2D eigenvalue weighted by molar-refractivity contribution is 7.71. The Kier molecular flexibility index (Phi) is 6.36. The summed E-state index contributed by atoms with van der Waals surface area (Å²) < 4.78 is 7.78. The molecule has 146 valence electrons. The lowest BCUT2D eigenvalue weighted by molar-refractivity contribution is 0.123. The molecule has 27 heavy (non-hydrogen) atoms. The number of aryl methyl sites for hydroxylation is 1. The second-order valence-corrected chi connectivity index (χ2v) is 8.80. The average molecular weight is 406 g/mol. The number of aromatic amines is 1. The highest BCUT2D eigenvalue weighted by Gasteiger charge is 2.16. The van der Waals surface area contributed by atoms with Crippen LogP contribution in [0.5, 0.6) is 0 Å². The van der Waals surface area contributed by atoms with E-state index in [4.69, 9.17) is 17.0 Å². The minimum absolute atomic E-state index is 0.565. The fraction of sp³-hybridized carbons (Fsp3) is 0.632. The molecule has 0 spiro atoms. The Morgan fingerprint density at radius 2 is 2.07 bits per heavy atom. The molecular formula is C19H27N5OS2. The van der Waals surface area contributed by atoms with Crippen LogP contribution < -0.4 is 4.90 Å². The summed E-state index contributed by atoms with van der Waals surface area (Å²) in [5.41, 5.74) is 0. The van der Waals surface area contributed by atoms with Gasteiger partial charge in [0, 0.05) is 24.4 Å². The van der Waals surface area contributed by atoms with E-state index >= 15 is 0 Å². The van der Waals surface area contributed by atoms with Gasteiger partial charge in [0.15, 0.2) is 5.82 Å². The number of nitrogens with zero attached hydrogens (tertiary/aromatic N) is 4. The molecule has 1 aliphatic carbocycles. The normalized spacial score (nSPS) is 19.2. The van der Waals surface area contributed by atoms with Crippen molar-refractivity contribution in [3.05, 3.63) is 27.6 Å². The van der Waals surface area contributed by atoms with Crippen molar-refractivity contribution in [2.24, 2.45) is 11.0 Å². The molecule has 1 saturated heterocycles. The fourth-order valence-corrected chi connectivity index (χ4v) is 5.02. The summed E-state index contributed by atoms with van der Waals surface area (Å²) in [6.07, 6.45) is 10.9. The van der Waals surface area contributed by atoms with Crippen LogP contribution >= 0.6 is 23.6 Å². The molecule has 0 bridgehead atoms. The standard InChI is InChI=1S/C19H27N5OS2/c26-19-22-21-17(8-6-15-4-2-1-3-5-15)24(19)20-14-16-7-9-18(27-16)23-10-12-25-13-11-23/h7,9,14-15H,1-6,8,10-13H2,(H,22,26)/b20-14-. The predicted octanol–water partition coefficient (Wildman–Crippen LogP) is 4.23. The number of thiophene rings is 1. The fourth-order valence-electron chi connectivity index (χ4n) is 3.89. The van der Waals surface area contributed by atoms with Crippen LogP contribution in [0.4, 0.5) is 5.00 Å². The number of rotatable bonds is 6. The molecule has 1 saturated carbocycles. The molecule has 2 aromatic rings. The van der Waals surface area contributed by atoms with Crippen molar-refractivity contribution in [2.45, 2.75) is 44.9 Å². The van der Waals surface area contributed by atoms with Gasteiger partial charge in [-0.25, -0.2) is 0 Å². The molecule has 0 amide bonds. The van der Waals surface area contributed by atoms with Crippen molar-refractivity contribution in [2.75, 3.05) is 31.2 Å². The molecule has 0 unspecified atom stereocenters. The van der Waals surface area contributed by atoms with Crippen LogP contribution in [0.1, 0.15) is 49.2 Å².